The Labute approximate surface area is 89.0 Å². The van der Waals surface area contributed by atoms with Gasteiger partial charge in [-0.05, 0) is 12.8 Å². The summed E-state index contributed by atoms with van der Waals surface area (Å²) in [7, 11) is -4.46. The van der Waals surface area contributed by atoms with Crippen LogP contribution in [-0.2, 0) is 15.0 Å². The van der Waals surface area contributed by atoms with E-state index in [4.69, 9.17) is 5.11 Å². The first-order chi connectivity index (χ1) is 7.06. The number of nitrogens with one attached hydrogen (secondary N) is 2. The van der Waals surface area contributed by atoms with Gasteiger partial charge >= 0.3 is 12.1 Å². The molecule has 16 heavy (non-hydrogen) atoms. The molecule has 1 saturated carbocycles. The highest BCUT2D eigenvalue weighted by atomic mass is 32.2. The maximum atomic E-state index is 11.7. The van der Waals surface area contributed by atoms with Crippen LogP contribution in [0.4, 0.5) is 13.2 Å². The highest BCUT2D eigenvalue weighted by molar-refractivity contribution is 7.87. The fourth-order valence-electron chi connectivity index (χ4n) is 0.955. The molecule has 0 amide bonds. The van der Waals surface area contributed by atoms with Crippen molar-refractivity contribution in [2.24, 2.45) is 0 Å². The van der Waals surface area contributed by atoms with Crippen molar-refractivity contribution in [2.45, 2.75) is 24.6 Å². The maximum absolute atomic E-state index is 11.7. The number of alkyl halides is 3. The van der Waals surface area contributed by atoms with Crippen molar-refractivity contribution in [1.82, 2.24) is 9.44 Å². The minimum absolute atomic E-state index is 0.0647. The second kappa shape index (κ2) is 3.86. The topological polar surface area (TPSA) is 95.5 Å². The molecule has 0 aromatic carbocycles. The van der Waals surface area contributed by atoms with E-state index in [1.165, 1.54) is 4.72 Å². The Morgan fingerprint density at radius 1 is 1.38 bits per heavy atom. The molecule has 0 bridgehead atoms. The van der Waals surface area contributed by atoms with Crippen molar-refractivity contribution in [3.05, 3.63) is 0 Å². The predicted molar refractivity (Wildman–Crippen MR) is 45.7 cm³/mol. The third-order valence-electron chi connectivity index (χ3n) is 1.95. The van der Waals surface area contributed by atoms with E-state index in [-0.39, 0.29) is 12.8 Å². The minimum Gasteiger partial charge on any atom is -0.480 e. The van der Waals surface area contributed by atoms with Gasteiger partial charge in [-0.2, -0.15) is 31.0 Å². The molecule has 6 nitrogen and oxygen atoms in total. The van der Waals surface area contributed by atoms with Crippen molar-refractivity contribution >= 4 is 16.2 Å². The molecule has 0 aliphatic heterocycles. The van der Waals surface area contributed by atoms with E-state index in [0.717, 1.165) is 0 Å². The Bertz CT molecular complexity index is 387. The van der Waals surface area contributed by atoms with Crippen LogP contribution in [0.1, 0.15) is 12.8 Å². The first-order valence-corrected chi connectivity index (χ1v) is 5.63. The van der Waals surface area contributed by atoms with E-state index < -0.39 is 34.4 Å². The van der Waals surface area contributed by atoms with Gasteiger partial charge in [0, 0.05) is 0 Å². The Balaban J connectivity index is 2.57. The van der Waals surface area contributed by atoms with Crippen LogP contribution in [-0.4, -0.2) is 37.8 Å². The minimum atomic E-state index is -4.69. The summed E-state index contributed by atoms with van der Waals surface area (Å²) in [6, 6.07) is 0. The Hall–Kier alpha value is -0.870. The summed E-state index contributed by atoms with van der Waals surface area (Å²) in [5, 5.41) is 8.62. The number of hydrogen-bond acceptors (Lipinski definition) is 3. The van der Waals surface area contributed by atoms with Gasteiger partial charge in [0.1, 0.15) is 12.1 Å². The fraction of sp³-hybridized carbons (Fsp3) is 0.833. The zero-order chi connectivity index (χ0) is 12.6. The lowest BCUT2D eigenvalue weighted by molar-refractivity contribution is -0.140. The third kappa shape index (κ3) is 3.61. The van der Waals surface area contributed by atoms with E-state index in [0.29, 0.717) is 0 Å². The Morgan fingerprint density at radius 2 is 1.88 bits per heavy atom. The van der Waals surface area contributed by atoms with E-state index in [9.17, 15) is 26.4 Å². The molecule has 0 atom stereocenters. The van der Waals surface area contributed by atoms with Crippen molar-refractivity contribution in [3.63, 3.8) is 0 Å². The van der Waals surface area contributed by atoms with E-state index in [2.05, 4.69) is 0 Å². The predicted octanol–water partition coefficient (Wildman–Crippen LogP) is -0.410. The molecule has 0 radical (unpaired) electrons. The highest BCUT2D eigenvalue weighted by Gasteiger charge is 2.53. The zero-order valence-electron chi connectivity index (χ0n) is 7.84. The molecular weight excluding hydrogens is 253 g/mol. The summed E-state index contributed by atoms with van der Waals surface area (Å²) in [5.74, 6) is -1.40. The number of rotatable bonds is 5. The highest BCUT2D eigenvalue weighted by Crippen LogP contribution is 2.36. The van der Waals surface area contributed by atoms with E-state index >= 15 is 0 Å². The molecule has 0 aromatic rings. The molecule has 94 valence electrons. The average molecular weight is 262 g/mol. The molecule has 1 rings (SSSR count). The lowest BCUT2D eigenvalue weighted by atomic mass is 10.3. The molecular formula is C6H9F3N2O4S. The zero-order valence-corrected chi connectivity index (χ0v) is 8.65. The number of carboxylic acids is 1. The second-order valence-corrected chi connectivity index (χ2v) is 4.93. The summed E-state index contributed by atoms with van der Waals surface area (Å²) in [4.78, 5) is 10.6. The van der Waals surface area contributed by atoms with Crippen LogP contribution in [0.25, 0.3) is 0 Å². The molecule has 0 spiro atoms. The van der Waals surface area contributed by atoms with E-state index in [1.807, 2.05) is 0 Å². The number of halogens is 3. The summed E-state index contributed by atoms with van der Waals surface area (Å²) in [6.45, 7) is -1.74. The Morgan fingerprint density at radius 3 is 2.19 bits per heavy atom. The number of carboxylic acid groups (broad SMARTS) is 1. The molecule has 1 fully saturated rings. The normalized spacial score (nSPS) is 19.4. The largest absolute Gasteiger partial charge is 0.480 e. The van der Waals surface area contributed by atoms with Crippen LogP contribution in [0.3, 0.4) is 0 Å². The molecule has 1 aliphatic rings. The quantitative estimate of drug-likeness (QED) is 0.627. The van der Waals surface area contributed by atoms with Crippen LogP contribution in [0, 0.1) is 0 Å². The monoisotopic (exact) mass is 262 g/mol. The van der Waals surface area contributed by atoms with Crippen LogP contribution < -0.4 is 9.44 Å². The molecule has 0 aromatic heterocycles. The van der Waals surface area contributed by atoms with Crippen LogP contribution in [0.15, 0.2) is 0 Å². The van der Waals surface area contributed by atoms with Crippen LogP contribution in [0.5, 0.6) is 0 Å². The van der Waals surface area contributed by atoms with Crippen LogP contribution in [0.2, 0.25) is 0 Å². The molecule has 10 heteroatoms. The lowest BCUT2D eigenvalue weighted by Gasteiger charge is -2.14. The smallest absolute Gasteiger partial charge is 0.402 e. The van der Waals surface area contributed by atoms with Crippen molar-refractivity contribution < 1.29 is 31.5 Å². The van der Waals surface area contributed by atoms with E-state index in [1.54, 1.807) is 4.72 Å². The van der Waals surface area contributed by atoms with Gasteiger partial charge in [0.25, 0.3) is 10.2 Å². The standard InChI is InChI=1S/C6H9F3N2O4S/c7-6(8,9)3-10-16(14,15)11-5(1-2-5)4(12)13/h10-11H,1-3H2,(H,12,13). The fourth-order valence-corrected chi connectivity index (χ4v) is 2.19. The summed E-state index contributed by atoms with van der Waals surface area (Å²) >= 11 is 0. The summed E-state index contributed by atoms with van der Waals surface area (Å²) < 4.78 is 60.2. The van der Waals surface area contributed by atoms with Gasteiger partial charge in [0.05, 0.1) is 0 Å². The third-order valence-corrected chi connectivity index (χ3v) is 3.14. The van der Waals surface area contributed by atoms with Gasteiger partial charge in [-0.3, -0.25) is 4.79 Å². The molecule has 3 N–H and O–H groups in total. The molecule has 0 heterocycles. The molecule has 0 saturated heterocycles. The first kappa shape index (κ1) is 13.2. The van der Waals surface area contributed by atoms with Gasteiger partial charge in [0.15, 0.2) is 0 Å². The summed E-state index contributed by atoms with van der Waals surface area (Å²) in [6.07, 6.45) is -4.56. The lowest BCUT2D eigenvalue weighted by Crippen LogP contribution is -2.50. The van der Waals surface area contributed by atoms with Gasteiger partial charge in [-0.15, -0.1) is 0 Å². The number of hydrogen-bond donors (Lipinski definition) is 3. The van der Waals surface area contributed by atoms with Crippen molar-refractivity contribution in [1.29, 1.82) is 0 Å². The first-order valence-electron chi connectivity index (χ1n) is 4.15. The average Bonchev–Trinajstić information content (AvgIpc) is 2.80. The maximum Gasteiger partial charge on any atom is 0.402 e. The number of carbonyl (C=O) groups is 1. The molecule has 1 aliphatic carbocycles. The van der Waals surface area contributed by atoms with Gasteiger partial charge < -0.3 is 5.11 Å². The second-order valence-electron chi connectivity index (χ2n) is 3.43. The summed E-state index contributed by atoms with van der Waals surface area (Å²) in [5.41, 5.74) is -1.64. The van der Waals surface area contributed by atoms with Gasteiger partial charge in [0.2, 0.25) is 0 Å². The van der Waals surface area contributed by atoms with Crippen molar-refractivity contribution in [3.8, 4) is 0 Å². The van der Waals surface area contributed by atoms with Gasteiger partial charge in [-0.25, -0.2) is 0 Å². The van der Waals surface area contributed by atoms with Crippen LogP contribution >= 0.6 is 0 Å². The Kier molecular flexibility index (Phi) is 3.18. The molecule has 0 unspecified atom stereocenters. The van der Waals surface area contributed by atoms with Gasteiger partial charge in [-0.1, -0.05) is 0 Å². The SMILES string of the molecule is O=C(O)C1(NS(=O)(=O)NCC(F)(F)F)CC1. The van der Waals surface area contributed by atoms with Crippen molar-refractivity contribution in [2.75, 3.05) is 6.54 Å². The number of aliphatic carboxylic acids is 1.